The average molecular weight is 518 g/mol. The van der Waals surface area contributed by atoms with Gasteiger partial charge in [-0.05, 0) is 42.0 Å². The van der Waals surface area contributed by atoms with E-state index < -0.39 is 11.7 Å². The first-order valence-electron chi connectivity index (χ1n) is 11.9. The van der Waals surface area contributed by atoms with Gasteiger partial charge in [-0.2, -0.15) is 23.4 Å². The fourth-order valence-corrected chi connectivity index (χ4v) is 4.40. The molecule has 0 spiro atoms. The van der Waals surface area contributed by atoms with Crippen LogP contribution in [0.4, 0.5) is 13.2 Å². The number of benzene rings is 3. The molecule has 1 saturated heterocycles. The third kappa shape index (κ3) is 5.43. The zero-order valence-electron chi connectivity index (χ0n) is 20.2. The van der Waals surface area contributed by atoms with Crippen molar-refractivity contribution in [1.82, 2.24) is 19.9 Å². The molecule has 1 fully saturated rings. The molecular formula is C28H22F3N5O2. The fourth-order valence-electron chi connectivity index (χ4n) is 4.40. The van der Waals surface area contributed by atoms with Crippen molar-refractivity contribution in [1.29, 1.82) is 5.26 Å². The summed E-state index contributed by atoms with van der Waals surface area (Å²) in [6, 6.07) is 21.2. The lowest BCUT2D eigenvalue weighted by Gasteiger charge is -2.35. The molecule has 4 aromatic rings. The third-order valence-electron chi connectivity index (χ3n) is 6.39. The predicted octanol–water partition coefficient (Wildman–Crippen LogP) is 5.25. The van der Waals surface area contributed by atoms with Crippen molar-refractivity contribution in [3.63, 3.8) is 0 Å². The molecule has 0 bridgehead atoms. The number of carbonyl (C=O) groups excluding carboxylic acids is 1. The van der Waals surface area contributed by atoms with Gasteiger partial charge in [0.15, 0.2) is 0 Å². The molecule has 7 nitrogen and oxygen atoms in total. The van der Waals surface area contributed by atoms with E-state index in [-0.39, 0.29) is 23.2 Å². The Morgan fingerprint density at radius 2 is 1.68 bits per heavy atom. The van der Waals surface area contributed by atoms with Crippen molar-refractivity contribution in [2.75, 3.05) is 26.2 Å². The van der Waals surface area contributed by atoms with Crippen LogP contribution in [-0.4, -0.2) is 52.0 Å². The van der Waals surface area contributed by atoms with E-state index in [1.807, 2.05) is 24.3 Å². The lowest BCUT2D eigenvalue weighted by molar-refractivity contribution is -0.137. The number of hydrogen-bond acceptors (Lipinski definition) is 6. The van der Waals surface area contributed by atoms with Crippen molar-refractivity contribution in [3.05, 3.63) is 95.1 Å². The van der Waals surface area contributed by atoms with E-state index in [1.165, 1.54) is 12.1 Å². The monoisotopic (exact) mass is 517 g/mol. The molecule has 10 heteroatoms. The number of aromatic nitrogens is 2. The summed E-state index contributed by atoms with van der Waals surface area (Å²) >= 11 is 0. The standard InChI is InChI=1S/C28H22F3N5O2/c29-28(30,31)23-9-4-8-21(16-23)26-33-25(34-38-26)20-7-3-5-19(15-20)18-35-11-13-36(14-12-35)27(37)24-10-2-1-6-22(24)17-32/h1-10,15-16H,11-14,18H2. The van der Waals surface area contributed by atoms with E-state index in [4.69, 9.17) is 4.52 Å². The van der Waals surface area contributed by atoms with Crippen molar-refractivity contribution in [2.24, 2.45) is 0 Å². The number of alkyl halides is 3. The van der Waals surface area contributed by atoms with E-state index in [0.717, 1.165) is 17.7 Å². The van der Waals surface area contributed by atoms with Crippen LogP contribution in [0, 0.1) is 11.3 Å². The van der Waals surface area contributed by atoms with Crippen LogP contribution >= 0.6 is 0 Å². The largest absolute Gasteiger partial charge is 0.416 e. The summed E-state index contributed by atoms with van der Waals surface area (Å²) < 4.78 is 44.4. The van der Waals surface area contributed by atoms with Crippen molar-refractivity contribution < 1.29 is 22.5 Å². The van der Waals surface area contributed by atoms with E-state index >= 15 is 0 Å². The van der Waals surface area contributed by atoms with Crippen LogP contribution in [0.1, 0.15) is 27.0 Å². The van der Waals surface area contributed by atoms with Gasteiger partial charge in [-0.15, -0.1) is 0 Å². The highest BCUT2D eigenvalue weighted by Crippen LogP contribution is 2.32. The highest BCUT2D eigenvalue weighted by Gasteiger charge is 2.31. The third-order valence-corrected chi connectivity index (χ3v) is 6.39. The predicted molar refractivity (Wildman–Crippen MR) is 133 cm³/mol. The first-order chi connectivity index (χ1) is 18.3. The summed E-state index contributed by atoms with van der Waals surface area (Å²) in [5.74, 6) is 0.151. The Morgan fingerprint density at radius 3 is 2.45 bits per heavy atom. The topological polar surface area (TPSA) is 86.3 Å². The number of nitrogens with zero attached hydrogens (tertiary/aromatic N) is 5. The molecule has 0 N–H and O–H groups in total. The number of hydrogen-bond donors (Lipinski definition) is 0. The van der Waals surface area contributed by atoms with E-state index in [0.29, 0.717) is 49.4 Å². The minimum atomic E-state index is -4.47. The van der Waals surface area contributed by atoms with E-state index in [1.54, 1.807) is 29.2 Å². The SMILES string of the molecule is N#Cc1ccccc1C(=O)N1CCN(Cc2cccc(-c3noc(-c4cccc(C(F)(F)F)c4)n3)c2)CC1. The summed E-state index contributed by atoms with van der Waals surface area (Å²) in [5.41, 5.74) is 1.89. The normalized spacial score (nSPS) is 14.3. The van der Waals surface area contributed by atoms with Gasteiger partial charge >= 0.3 is 6.18 Å². The van der Waals surface area contributed by atoms with Gasteiger partial charge < -0.3 is 9.42 Å². The van der Waals surface area contributed by atoms with E-state index in [9.17, 15) is 23.2 Å². The highest BCUT2D eigenvalue weighted by atomic mass is 19.4. The maximum atomic E-state index is 13.1. The zero-order valence-corrected chi connectivity index (χ0v) is 20.2. The number of nitriles is 1. The Hall–Kier alpha value is -4.49. The second-order valence-corrected chi connectivity index (χ2v) is 8.93. The van der Waals surface area contributed by atoms with Gasteiger partial charge in [0.1, 0.15) is 0 Å². The summed E-state index contributed by atoms with van der Waals surface area (Å²) in [7, 11) is 0. The molecule has 2 heterocycles. The lowest BCUT2D eigenvalue weighted by Crippen LogP contribution is -2.48. The molecule has 1 amide bonds. The minimum absolute atomic E-state index is 0.00950. The second kappa shape index (κ2) is 10.5. The van der Waals surface area contributed by atoms with Gasteiger partial charge in [0.2, 0.25) is 5.82 Å². The zero-order chi connectivity index (χ0) is 26.7. The van der Waals surface area contributed by atoms with Gasteiger partial charge in [-0.3, -0.25) is 9.69 Å². The Labute approximate surface area is 216 Å². The number of amides is 1. The second-order valence-electron chi connectivity index (χ2n) is 8.93. The van der Waals surface area contributed by atoms with Crippen LogP contribution in [0.2, 0.25) is 0 Å². The van der Waals surface area contributed by atoms with Crippen molar-refractivity contribution >= 4 is 5.91 Å². The molecule has 1 aliphatic rings. The lowest BCUT2D eigenvalue weighted by atomic mass is 10.1. The molecule has 192 valence electrons. The van der Waals surface area contributed by atoms with Crippen molar-refractivity contribution in [3.8, 4) is 28.9 Å². The van der Waals surface area contributed by atoms with Crippen molar-refractivity contribution in [2.45, 2.75) is 12.7 Å². The first-order valence-corrected chi connectivity index (χ1v) is 11.9. The Kier molecular flexibility index (Phi) is 6.94. The van der Waals surface area contributed by atoms with Crippen LogP contribution in [-0.2, 0) is 12.7 Å². The molecular weight excluding hydrogens is 495 g/mol. The number of carbonyl (C=O) groups is 1. The maximum absolute atomic E-state index is 13.1. The average Bonchev–Trinajstić information content (AvgIpc) is 3.43. The van der Waals surface area contributed by atoms with Crippen LogP contribution < -0.4 is 0 Å². The van der Waals surface area contributed by atoms with Gasteiger partial charge in [-0.1, -0.05) is 41.6 Å². The molecule has 0 radical (unpaired) electrons. The molecule has 38 heavy (non-hydrogen) atoms. The Balaban J connectivity index is 1.23. The maximum Gasteiger partial charge on any atom is 0.416 e. The smallest absolute Gasteiger partial charge is 0.336 e. The summed E-state index contributed by atoms with van der Waals surface area (Å²) in [5, 5.41) is 13.3. The number of rotatable bonds is 5. The van der Waals surface area contributed by atoms with E-state index in [2.05, 4.69) is 21.1 Å². The first kappa shape index (κ1) is 25.2. The fraction of sp³-hybridized carbons (Fsp3) is 0.214. The van der Waals surface area contributed by atoms with Crippen LogP contribution in [0.3, 0.4) is 0 Å². The quantitative estimate of drug-likeness (QED) is 0.359. The molecule has 3 aromatic carbocycles. The molecule has 0 saturated carbocycles. The summed E-state index contributed by atoms with van der Waals surface area (Å²) in [4.78, 5) is 21.2. The minimum Gasteiger partial charge on any atom is -0.336 e. The Bertz CT molecular complexity index is 1500. The van der Waals surface area contributed by atoms with Crippen LogP contribution in [0.5, 0.6) is 0 Å². The number of halogens is 3. The molecule has 0 atom stereocenters. The molecule has 1 aromatic heterocycles. The van der Waals surface area contributed by atoms with Crippen LogP contribution in [0.15, 0.2) is 77.3 Å². The molecule has 5 rings (SSSR count). The van der Waals surface area contributed by atoms with Gasteiger partial charge in [-0.25, -0.2) is 0 Å². The molecule has 0 aliphatic carbocycles. The summed E-state index contributed by atoms with van der Waals surface area (Å²) in [6.45, 7) is 3.08. The van der Waals surface area contributed by atoms with Gasteiger partial charge in [0.05, 0.1) is 22.8 Å². The highest BCUT2D eigenvalue weighted by molar-refractivity contribution is 5.96. The molecule has 0 unspecified atom stereocenters. The van der Waals surface area contributed by atoms with Gasteiger partial charge in [0, 0.05) is 43.9 Å². The number of piperazine rings is 1. The Morgan fingerprint density at radius 1 is 0.947 bits per heavy atom. The summed E-state index contributed by atoms with van der Waals surface area (Å²) in [6.07, 6.45) is -4.47. The van der Waals surface area contributed by atoms with Crippen LogP contribution in [0.25, 0.3) is 22.8 Å². The molecule has 1 aliphatic heterocycles. The van der Waals surface area contributed by atoms with Gasteiger partial charge in [0.25, 0.3) is 11.8 Å².